The fraction of sp³-hybridized carbons (Fsp3) is 0.417. The fourth-order valence-corrected chi connectivity index (χ4v) is 1.48. The van der Waals surface area contributed by atoms with Crippen molar-refractivity contribution in [3.8, 4) is 11.5 Å². The number of benzene rings is 1. The molecule has 0 saturated heterocycles. The number of rotatable bonds is 5. The smallest absolute Gasteiger partial charge is 0.255 e. The third kappa shape index (κ3) is 3.96. The molecule has 0 fully saturated rings. The monoisotopic (exact) mass is 239 g/mol. The minimum Gasteiger partial charge on any atom is -0.508 e. The first-order chi connectivity index (χ1) is 8.04. The van der Waals surface area contributed by atoms with E-state index in [-0.39, 0.29) is 29.7 Å². The normalized spacial score (nSPS) is 12.1. The number of hydrogen-bond acceptors (Lipinski definition) is 4. The third-order valence-electron chi connectivity index (χ3n) is 2.40. The lowest BCUT2D eigenvalue weighted by Crippen LogP contribution is -2.32. The Kier molecular flexibility index (Phi) is 4.78. The van der Waals surface area contributed by atoms with Crippen LogP contribution in [0.25, 0.3) is 0 Å². The maximum Gasteiger partial charge on any atom is 0.255 e. The fourth-order valence-electron chi connectivity index (χ4n) is 1.48. The molecule has 0 spiro atoms. The van der Waals surface area contributed by atoms with E-state index in [9.17, 15) is 9.90 Å². The van der Waals surface area contributed by atoms with Crippen LogP contribution in [0.1, 0.15) is 30.1 Å². The molecule has 94 valence electrons. The second-order valence-electron chi connectivity index (χ2n) is 3.94. The Labute approximate surface area is 99.7 Å². The minimum absolute atomic E-state index is 0.0807. The van der Waals surface area contributed by atoms with Crippen LogP contribution in [-0.4, -0.2) is 33.9 Å². The molecule has 0 aliphatic carbocycles. The number of carbonyl (C=O) groups is 1. The van der Waals surface area contributed by atoms with Crippen molar-refractivity contribution in [3.63, 3.8) is 0 Å². The zero-order valence-electron chi connectivity index (χ0n) is 9.68. The number of aromatic hydroxyl groups is 2. The van der Waals surface area contributed by atoms with Gasteiger partial charge in [0.1, 0.15) is 11.5 Å². The Hall–Kier alpha value is -1.75. The van der Waals surface area contributed by atoms with Gasteiger partial charge < -0.3 is 20.6 Å². The Morgan fingerprint density at radius 2 is 2.12 bits per heavy atom. The lowest BCUT2D eigenvalue weighted by atomic mass is 10.1. The van der Waals surface area contributed by atoms with E-state index in [2.05, 4.69) is 5.32 Å². The van der Waals surface area contributed by atoms with Crippen molar-refractivity contribution in [1.29, 1.82) is 0 Å². The average Bonchev–Trinajstić information content (AvgIpc) is 2.26. The molecule has 0 radical (unpaired) electrons. The van der Waals surface area contributed by atoms with E-state index in [1.807, 2.05) is 6.92 Å². The zero-order valence-corrected chi connectivity index (χ0v) is 9.68. The first-order valence-corrected chi connectivity index (χ1v) is 5.48. The molecule has 1 aromatic carbocycles. The van der Waals surface area contributed by atoms with Crippen LogP contribution in [0, 0.1) is 0 Å². The van der Waals surface area contributed by atoms with Gasteiger partial charge in [-0.2, -0.15) is 0 Å². The van der Waals surface area contributed by atoms with Gasteiger partial charge in [-0.05, 0) is 31.9 Å². The Balaban J connectivity index is 2.63. The Morgan fingerprint density at radius 3 is 2.71 bits per heavy atom. The van der Waals surface area contributed by atoms with Crippen molar-refractivity contribution < 1.29 is 20.1 Å². The topological polar surface area (TPSA) is 89.8 Å². The summed E-state index contributed by atoms with van der Waals surface area (Å²) in [6.07, 6.45) is 1.28. The number of carbonyl (C=O) groups excluding carboxylic acids is 1. The minimum atomic E-state index is -0.395. The number of phenolic OH excluding ortho intramolecular Hbond substituents is 2. The maximum atomic E-state index is 11.7. The van der Waals surface area contributed by atoms with Crippen molar-refractivity contribution in [2.24, 2.45) is 0 Å². The highest BCUT2D eigenvalue weighted by Crippen LogP contribution is 2.22. The summed E-state index contributed by atoms with van der Waals surface area (Å²) < 4.78 is 0. The number of aliphatic hydroxyl groups excluding tert-OH is 1. The molecule has 1 atom stereocenters. The Bertz CT molecular complexity index is 392. The molecule has 0 bridgehead atoms. The second kappa shape index (κ2) is 6.10. The van der Waals surface area contributed by atoms with Gasteiger partial charge in [0.15, 0.2) is 0 Å². The van der Waals surface area contributed by atoms with Gasteiger partial charge in [0.05, 0.1) is 5.56 Å². The van der Waals surface area contributed by atoms with E-state index in [0.29, 0.717) is 12.8 Å². The molecular weight excluding hydrogens is 222 g/mol. The predicted molar refractivity (Wildman–Crippen MR) is 63.0 cm³/mol. The largest absolute Gasteiger partial charge is 0.508 e. The third-order valence-corrected chi connectivity index (χ3v) is 2.40. The van der Waals surface area contributed by atoms with E-state index >= 15 is 0 Å². The molecule has 1 rings (SSSR count). The van der Waals surface area contributed by atoms with Crippen LogP contribution < -0.4 is 5.32 Å². The van der Waals surface area contributed by atoms with Crippen LogP contribution in [0.4, 0.5) is 0 Å². The van der Waals surface area contributed by atoms with Crippen LogP contribution in [0.2, 0.25) is 0 Å². The van der Waals surface area contributed by atoms with E-state index in [0.717, 1.165) is 6.07 Å². The van der Waals surface area contributed by atoms with Gasteiger partial charge in [-0.1, -0.05) is 0 Å². The summed E-state index contributed by atoms with van der Waals surface area (Å²) in [6, 6.07) is 3.74. The molecule has 0 aromatic heterocycles. The molecule has 0 aliphatic heterocycles. The molecular formula is C12H17NO4. The maximum absolute atomic E-state index is 11.7. The SMILES string of the molecule is CC(CCCO)NC(=O)c1ccc(O)cc1O. The van der Waals surface area contributed by atoms with Gasteiger partial charge in [-0.15, -0.1) is 0 Å². The van der Waals surface area contributed by atoms with E-state index in [4.69, 9.17) is 10.2 Å². The number of nitrogens with one attached hydrogen (secondary N) is 1. The van der Waals surface area contributed by atoms with Crippen molar-refractivity contribution in [1.82, 2.24) is 5.32 Å². The highest BCUT2D eigenvalue weighted by Gasteiger charge is 2.13. The van der Waals surface area contributed by atoms with Gasteiger partial charge in [-0.25, -0.2) is 0 Å². The van der Waals surface area contributed by atoms with E-state index < -0.39 is 5.91 Å². The quantitative estimate of drug-likeness (QED) is 0.616. The van der Waals surface area contributed by atoms with Crippen molar-refractivity contribution in [3.05, 3.63) is 23.8 Å². The molecule has 5 heteroatoms. The molecule has 1 amide bonds. The molecule has 0 heterocycles. The van der Waals surface area contributed by atoms with Gasteiger partial charge in [0.25, 0.3) is 5.91 Å². The molecule has 5 nitrogen and oxygen atoms in total. The van der Waals surface area contributed by atoms with E-state index in [1.165, 1.54) is 12.1 Å². The molecule has 4 N–H and O–H groups in total. The lowest BCUT2D eigenvalue weighted by molar-refractivity contribution is 0.0933. The van der Waals surface area contributed by atoms with Crippen LogP contribution in [0.5, 0.6) is 11.5 Å². The number of hydrogen-bond donors (Lipinski definition) is 4. The first-order valence-electron chi connectivity index (χ1n) is 5.48. The van der Waals surface area contributed by atoms with Crippen molar-refractivity contribution >= 4 is 5.91 Å². The molecule has 0 saturated carbocycles. The van der Waals surface area contributed by atoms with Gasteiger partial charge >= 0.3 is 0 Å². The van der Waals surface area contributed by atoms with Crippen molar-refractivity contribution in [2.45, 2.75) is 25.8 Å². The van der Waals surface area contributed by atoms with Gasteiger partial charge in [0, 0.05) is 18.7 Å². The number of phenols is 2. The van der Waals surface area contributed by atoms with Crippen molar-refractivity contribution in [2.75, 3.05) is 6.61 Å². The van der Waals surface area contributed by atoms with Crippen LogP contribution in [0.3, 0.4) is 0 Å². The molecule has 17 heavy (non-hydrogen) atoms. The number of aliphatic hydroxyl groups is 1. The second-order valence-corrected chi connectivity index (χ2v) is 3.94. The lowest BCUT2D eigenvalue weighted by Gasteiger charge is -2.13. The van der Waals surface area contributed by atoms with Crippen LogP contribution >= 0.6 is 0 Å². The highest BCUT2D eigenvalue weighted by atomic mass is 16.3. The summed E-state index contributed by atoms with van der Waals surface area (Å²) in [5.74, 6) is -0.739. The Morgan fingerprint density at radius 1 is 1.41 bits per heavy atom. The first kappa shape index (κ1) is 13.3. The summed E-state index contributed by atoms with van der Waals surface area (Å²) in [4.78, 5) is 11.7. The van der Waals surface area contributed by atoms with Gasteiger partial charge in [-0.3, -0.25) is 4.79 Å². The predicted octanol–water partition coefficient (Wildman–Crippen LogP) is 0.989. The summed E-state index contributed by atoms with van der Waals surface area (Å²) >= 11 is 0. The van der Waals surface area contributed by atoms with Crippen LogP contribution in [0.15, 0.2) is 18.2 Å². The van der Waals surface area contributed by atoms with Crippen LogP contribution in [-0.2, 0) is 0 Å². The van der Waals surface area contributed by atoms with E-state index in [1.54, 1.807) is 0 Å². The summed E-state index contributed by atoms with van der Waals surface area (Å²) in [6.45, 7) is 1.91. The summed E-state index contributed by atoms with van der Waals surface area (Å²) in [5, 5.41) is 29.9. The average molecular weight is 239 g/mol. The highest BCUT2D eigenvalue weighted by molar-refractivity contribution is 5.97. The molecule has 1 unspecified atom stereocenters. The number of amides is 1. The molecule has 1 aromatic rings. The molecule has 0 aliphatic rings. The summed E-state index contributed by atoms with van der Waals surface area (Å²) in [5.41, 5.74) is 0.124. The summed E-state index contributed by atoms with van der Waals surface area (Å²) in [7, 11) is 0. The van der Waals surface area contributed by atoms with Gasteiger partial charge in [0.2, 0.25) is 0 Å². The zero-order chi connectivity index (χ0) is 12.8. The standard InChI is InChI=1S/C12H17NO4/c1-8(3-2-6-14)13-12(17)10-5-4-9(15)7-11(10)16/h4-5,7-8,14-16H,2-3,6H2,1H3,(H,13,17).